The van der Waals surface area contributed by atoms with E-state index in [2.05, 4.69) is 5.16 Å². The average molecular weight is 357 g/mol. The van der Waals surface area contributed by atoms with E-state index in [-0.39, 0.29) is 5.78 Å². The van der Waals surface area contributed by atoms with Crippen molar-refractivity contribution in [3.05, 3.63) is 59.7 Å². The fraction of sp³-hybridized carbons (Fsp3) is 0.211. The van der Waals surface area contributed by atoms with Crippen LogP contribution in [0.15, 0.2) is 53.7 Å². The van der Waals surface area contributed by atoms with Crippen LogP contribution in [-0.2, 0) is 14.4 Å². The maximum atomic E-state index is 12.1. The van der Waals surface area contributed by atoms with E-state index in [1.165, 1.54) is 13.3 Å². The second-order valence-corrected chi connectivity index (χ2v) is 5.07. The quantitative estimate of drug-likeness (QED) is 0.297. The molecule has 0 fully saturated rings. The van der Waals surface area contributed by atoms with Crippen LogP contribution in [-0.4, -0.2) is 45.4 Å². The Bertz CT molecular complexity index is 770. The molecule has 2 aromatic rings. The summed E-state index contributed by atoms with van der Waals surface area (Å²) >= 11 is 0. The van der Waals surface area contributed by atoms with Crippen LogP contribution >= 0.6 is 0 Å². The van der Waals surface area contributed by atoms with Crippen LogP contribution in [0.1, 0.15) is 15.9 Å². The Kier molecular flexibility index (Phi) is 7.17. The topological polar surface area (TPSA) is 83.4 Å². The van der Waals surface area contributed by atoms with Gasteiger partial charge in [0, 0.05) is 0 Å². The number of hydrogen-bond acceptors (Lipinski definition) is 7. The lowest BCUT2D eigenvalue weighted by Crippen LogP contribution is -2.17. The highest BCUT2D eigenvalue weighted by atomic mass is 16.7. The van der Waals surface area contributed by atoms with Gasteiger partial charge in [-0.15, -0.1) is 0 Å². The molecule has 0 spiro atoms. The van der Waals surface area contributed by atoms with Gasteiger partial charge in [-0.25, -0.2) is 4.79 Å². The van der Waals surface area contributed by atoms with Crippen molar-refractivity contribution in [2.24, 2.45) is 5.16 Å². The molecule has 26 heavy (non-hydrogen) atoms. The predicted molar refractivity (Wildman–Crippen MR) is 94.8 cm³/mol. The van der Waals surface area contributed by atoms with Gasteiger partial charge in [0.05, 0.1) is 26.0 Å². The molecule has 0 bridgehead atoms. The first-order chi connectivity index (χ1) is 12.6. The predicted octanol–water partition coefficient (Wildman–Crippen LogP) is 2.48. The smallest absolute Gasteiger partial charge is 0.347 e. The summed E-state index contributed by atoms with van der Waals surface area (Å²) in [5, 5.41) is 3.68. The molecule has 7 nitrogen and oxygen atoms in total. The first-order valence-corrected chi connectivity index (χ1v) is 7.75. The molecular formula is C19H19NO6. The fourth-order valence-electron chi connectivity index (χ4n) is 2.02. The number of ketones is 1. The second-order valence-electron chi connectivity index (χ2n) is 5.07. The van der Waals surface area contributed by atoms with Gasteiger partial charge in [0.1, 0.15) is 11.5 Å². The molecule has 0 atom stereocenters. The van der Waals surface area contributed by atoms with Crippen molar-refractivity contribution < 1.29 is 28.6 Å². The van der Waals surface area contributed by atoms with Crippen molar-refractivity contribution in [2.75, 3.05) is 27.4 Å². The van der Waals surface area contributed by atoms with Crippen molar-refractivity contribution in [1.82, 2.24) is 0 Å². The molecule has 0 aliphatic rings. The molecule has 0 N–H and O–H groups in total. The SMILES string of the molecule is COc1ccc(/C=N\OCC(=O)OCC(=O)c2ccccc2OC)cc1. The minimum Gasteiger partial charge on any atom is -0.497 e. The molecule has 0 saturated carbocycles. The fourth-order valence-corrected chi connectivity index (χ4v) is 2.02. The molecule has 0 aliphatic heterocycles. The van der Waals surface area contributed by atoms with Gasteiger partial charge in [0.15, 0.2) is 6.61 Å². The Hall–Kier alpha value is -3.35. The lowest BCUT2D eigenvalue weighted by Gasteiger charge is -2.07. The Morgan fingerprint density at radius 3 is 2.38 bits per heavy atom. The summed E-state index contributed by atoms with van der Waals surface area (Å²) in [6.07, 6.45) is 1.45. The van der Waals surface area contributed by atoms with Crippen molar-refractivity contribution >= 4 is 18.0 Å². The molecule has 136 valence electrons. The van der Waals surface area contributed by atoms with Gasteiger partial charge in [-0.1, -0.05) is 17.3 Å². The average Bonchev–Trinajstić information content (AvgIpc) is 2.69. The number of ether oxygens (including phenoxy) is 3. The summed E-state index contributed by atoms with van der Waals surface area (Å²) in [4.78, 5) is 28.5. The number of rotatable bonds is 9. The van der Waals surface area contributed by atoms with E-state index in [4.69, 9.17) is 19.0 Å². The first-order valence-electron chi connectivity index (χ1n) is 7.75. The number of carbonyl (C=O) groups excluding carboxylic acids is 2. The van der Waals surface area contributed by atoms with Gasteiger partial charge in [-0.05, 0) is 42.0 Å². The van der Waals surface area contributed by atoms with Crippen LogP contribution in [0.3, 0.4) is 0 Å². The summed E-state index contributed by atoms with van der Waals surface area (Å²) < 4.78 is 15.0. The zero-order valence-corrected chi connectivity index (χ0v) is 14.5. The van der Waals surface area contributed by atoms with Crippen LogP contribution in [0.25, 0.3) is 0 Å². The molecule has 0 aliphatic carbocycles. The summed E-state index contributed by atoms with van der Waals surface area (Å²) in [6, 6.07) is 13.8. The van der Waals surface area contributed by atoms with Gasteiger partial charge in [-0.2, -0.15) is 0 Å². The lowest BCUT2D eigenvalue weighted by molar-refractivity contribution is -0.147. The van der Waals surface area contributed by atoms with E-state index in [1.54, 1.807) is 55.6 Å². The first kappa shape index (κ1) is 19.0. The van der Waals surface area contributed by atoms with Gasteiger partial charge in [0.2, 0.25) is 12.4 Å². The third-order valence-electron chi connectivity index (χ3n) is 3.35. The van der Waals surface area contributed by atoms with Gasteiger partial charge in [0.25, 0.3) is 0 Å². The molecule has 0 radical (unpaired) electrons. The van der Waals surface area contributed by atoms with Crippen molar-refractivity contribution in [1.29, 1.82) is 0 Å². The van der Waals surface area contributed by atoms with E-state index < -0.39 is 19.2 Å². The van der Waals surface area contributed by atoms with Crippen molar-refractivity contribution in [3.63, 3.8) is 0 Å². The number of esters is 1. The number of para-hydroxylation sites is 1. The van der Waals surface area contributed by atoms with Crippen LogP contribution in [0.2, 0.25) is 0 Å². The lowest BCUT2D eigenvalue weighted by atomic mass is 10.1. The van der Waals surface area contributed by atoms with E-state index in [1.807, 2.05) is 0 Å². The van der Waals surface area contributed by atoms with Gasteiger partial charge < -0.3 is 19.0 Å². The maximum Gasteiger partial charge on any atom is 0.347 e. The van der Waals surface area contributed by atoms with Crippen LogP contribution < -0.4 is 9.47 Å². The summed E-state index contributed by atoms with van der Waals surface area (Å²) in [5.74, 6) is 0.0953. The minimum absolute atomic E-state index is 0.348. The number of nitrogens with zero attached hydrogens (tertiary/aromatic N) is 1. The summed E-state index contributed by atoms with van der Waals surface area (Å²) in [6.45, 7) is -0.795. The number of Topliss-reactive ketones (excluding diaryl/α,β-unsaturated/α-hetero) is 1. The maximum absolute atomic E-state index is 12.1. The Labute approximate surface area is 151 Å². The minimum atomic E-state index is -0.694. The number of oxime groups is 1. The largest absolute Gasteiger partial charge is 0.497 e. The normalized spacial score (nSPS) is 10.4. The van der Waals surface area contributed by atoms with Crippen molar-refractivity contribution in [2.45, 2.75) is 0 Å². The number of methoxy groups -OCH3 is 2. The zero-order valence-electron chi connectivity index (χ0n) is 14.5. The molecule has 0 amide bonds. The molecule has 0 saturated heterocycles. The zero-order chi connectivity index (χ0) is 18.8. The highest BCUT2D eigenvalue weighted by Gasteiger charge is 2.14. The Morgan fingerprint density at radius 2 is 1.69 bits per heavy atom. The molecule has 7 heteroatoms. The summed E-state index contributed by atoms with van der Waals surface area (Å²) in [7, 11) is 3.04. The van der Waals surface area contributed by atoms with Gasteiger partial charge >= 0.3 is 5.97 Å². The van der Waals surface area contributed by atoms with E-state index >= 15 is 0 Å². The third kappa shape index (κ3) is 5.62. The van der Waals surface area contributed by atoms with Crippen LogP contribution in [0, 0.1) is 0 Å². The van der Waals surface area contributed by atoms with Crippen LogP contribution in [0.5, 0.6) is 11.5 Å². The Morgan fingerprint density at radius 1 is 0.962 bits per heavy atom. The molecule has 2 rings (SSSR count). The van der Waals surface area contributed by atoms with Crippen LogP contribution in [0.4, 0.5) is 0 Å². The molecule has 0 unspecified atom stereocenters. The molecule has 0 aromatic heterocycles. The van der Waals surface area contributed by atoms with Crippen molar-refractivity contribution in [3.8, 4) is 11.5 Å². The van der Waals surface area contributed by atoms with E-state index in [0.717, 1.165) is 11.3 Å². The van der Waals surface area contributed by atoms with Gasteiger partial charge in [-0.3, -0.25) is 4.79 Å². The van der Waals surface area contributed by atoms with E-state index in [9.17, 15) is 9.59 Å². The monoisotopic (exact) mass is 357 g/mol. The highest BCUT2D eigenvalue weighted by Crippen LogP contribution is 2.17. The molecule has 0 heterocycles. The molecular weight excluding hydrogens is 338 g/mol. The number of carbonyl (C=O) groups is 2. The second kappa shape index (κ2) is 9.83. The number of hydrogen-bond donors (Lipinski definition) is 0. The number of benzene rings is 2. The summed E-state index contributed by atoms with van der Waals surface area (Å²) in [5.41, 5.74) is 1.13. The standard InChI is InChI=1S/C19H19NO6/c1-23-15-9-7-14(8-10-15)11-20-26-13-19(22)25-12-17(21)16-5-3-4-6-18(16)24-2/h3-11H,12-13H2,1-2H3/b20-11-. The molecule has 2 aromatic carbocycles. The third-order valence-corrected chi connectivity index (χ3v) is 3.35. The Balaban J connectivity index is 1.74. The highest BCUT2D eigenvalue weighted by molar-refractivity contribution is 6.00. The van der Waals surface area contributed by atoms with E-state index in [0.29, 0.717) is 11.3 Å².